The number of aliphatic hydroxyl groups is 1. The van der Waals surface area contributed by atoms with Gasteiger partial charge in [0.1, 0.15) is 5.82 Å². The quantitative estimate of drug-likeness (QED) is 0.678. The van der Waals surface area contributed by atoms with Gasteiger partial charge in [-0.15, -0.1) is 0 Å². The maximum Gasteiger partial charge on any atom is 0.230 e. The number of aliphatic hydroxyl groups excluding tert-OH is 1. The van der Waals surface area contributed by atoms with Crippen LogP contribution in [-0.4, -0.2) is 33.6 Å². The van der Waals surface area contributed by atoms with Crippen molar-refractivity contribution in [1.82, 2.24) is 9.97 Å². The number of hydrogen-bond donors (Lipinski definition) is 1. The van der Waals surface area contributed by atoms with Crippen molar-refractivity contribution in [3.63, 3.8) is 0 Å². The number of hydrogen-bond acceptors (Lipinski definition) is 4. The predicted octanol–water partition coefficient (Wildman–Crippen LogP) is 0.228. The summed E-state index contributed by atoms with van der Waals surface area (Å²) >= 11 is 5.58. The van der Waals surface area contributed by atoms with Crippen LogP contribution in [0.25, 0.3) is 0 Å². The van der Waals surface area contributed by atoms with Gasteiger partial charge in [-0.3, -0.25) is 9.69 Å². The first-order chi connectivity index (χ1) is 6.66. The lowest BCUT2D eigenvalue weighted by Gasteiger charge is -2.13. The summed E-state index contributed by atoms with van der Waals surface area (Å²) in [4.78, 5) is 20.4. The highest BCUT2D eigenvalue weighted by molar-refractivity contribution is 6.28. The van der Waals surface area contributed by atoms with Gasteiger partial charge >= 0.3 is 0 Å². The van der Waals surface area contributed by atoms with Gasteiger partial charge in [-0.2, -0.15) is 0 Å². The molecule has 14 heavy (non-hydrogen) atoms. The summed E-state index contributed by atoms with van der Waals surface area (Å²) < 4.78 is 0. The molecule has 0 aromatic carbocycles. The molecule has 1 atom stereocenters. The van der Waals surface area contributed by atoms with Crippen LogP contribution in [0.15, 0.2) is 12.3 Å². The van der Waals surface area contributed by atoms with Crippen molar-refractivity contribution in [2.45, 2.75) is 12.5 Å². The van der Waals surface area contributed by atoms with Crippen molar-refractivity contribution in [2.75, 3.05) is 11.4 Å². The predicted molar refractivity (Wildman–Crippen MR) is 50.0 cm³/mol. The molecule has 1 aliphatic heterocycles. The van der Waals surface area contributed by atoms with E-state index in [2.05, 4.69) is 9.97 Å². The largest absolute Gasteiger partial charge is 0.391 e. The van der Waals surface area contributed by atoms with E-state index < -0.39 is 6.10 Å². The number of β-amino-alcohol motifs (C(OH)–C–C–N with tert-alkyl or cyclic N) is 1. The Morgan fingerprint density at radius 1 is 1.64 bits per heavy atom. The molecule has 1 amide bonds. The Bertz CT molecular complexity index is 371. The van der Waals surface area contributed by atoms with Crippen LogP contribution < -0.4 is 4.90 Å². The summed E-state index contributed by atoms with van der Waals surface area (Å²) in [6.45, 7) is 0.270. The van der Waals surface area contributed by atoms with Crippen molar-refractivity contribution >= 4 is 23.3 Å². The monoisotopic (exact) mass is 213 g/mol. The van der Waals surface area contributed by atoms with Crippen molar-refractivity contribution in [2.24, 2.45) is 0 Å². The van der Waals surface area contributed by atoms with Gasteiger partial charge in [0.05, 0.1) is 19.1 Å². The summed E-state index contributed by atoms with van der Waals surface area (Å²) in [5, 5.41) is 9.36. The molecule has 2 heterocycles. The van der Waals surface area contributed by atoms with Gasteiger partial charge in [0.15, 0.2) is 0 Å². The molecule has 5 nitrogen and oxygen atoms in total. The summed E-state index contributed by atoms with van der Waals surface area (Å²) in [5.74, 6) is 0.291. The average molecular weight is 214 g/mol. The van der Waals surface area contributed by atoms with Crippen LogP contribution in [-0.2, 0) is 4.79 Å². The van der Waals surface area contributed by atoms with E-state index in [0.717, 1.165) is 0 Å². The van der Waals surface area contributed by atoms with E-state index in [-0.39, 0.29) is 24.2 Å². The van der Waals surface area contributed by atoms with Gasteiger partial charge in [-0.25, -0.2) is 9.97 Å². The second-order valence-electron chi connectivity index (χ2n) is 3.05. The van der Waals surface area contributed by atoms with Crippen molar-refractivity contribution in [3.8, 4) is 0 Å². The maximum absolute atomic E-state index is 11.4. The van der Waals surface area contributed by atoms with Gasteiger partial charge in [-0.05, 0) is 17.7 Å². The van der Waals surface area contributed by atoms with E-state index in [1.54, 1.807) is 6.07 Å². The zero-order chi connectivity index (χ0) is 10.1. The molecule has 2 rings (SSSR count). The van der Waals surface area contributed by atoms with Crippen LogP contribution >= 0.6 is 11.6 Å². The Labute approximate surface area is 85.3 Å². The van der Waals surface area contributed by atoms with Crippen LogP contribution in [0.4, 0.5) is 5.82 Å². The fraction of sp³-hybridized carbons (Fsp3) is 0.375. The van der Waals surface area contributed by atoms with Crippen LogP contribution in [0, 0.1) is 0 Å². The first-order valence-corrected chi connectivity index (χ1v) is 4.51. The fourth-order valence-electron chi connectivity index (χ4n) is 1.39. The topological polar surface area (TPSA) is 66.3 Å². The third-order valence-corrected chi connectivity index (χ3v) is 2.17. The Hall–Kier alpha value is -1.20. The SMILES string of the molecule is O=C1CC(O)CN1c1ccnc(Cl)n1. The first-order valence-electron chi connectivity index (χ1n) is 4.14. The van der Waals surface area contributed by atoms with Crippen LogP contribution in [0.5, 0.6) is 0 Å². The van der Waals surface area contributed by atoms with E-state index in [1.165, 1.54) is 11.1 Å². The number of amides is 1. The molecule has 74 valence electrons. The molecular formula is C8H8ClN3O2. The van der Waals surface area contributed by atoms with Gasteiger partial charge in [0.2, 0.25) is 11.2 Å². The number of halogens is 1. The molecule has 6 heteroatoms. The molecule has 1 aromatic rings. The Kier molecular flexibility index (Phi) is 2.35. The highest BCUT2D eigenvalue weighted by Gasteiger charge is 2.29. The number of nitrogens with zero attached hydrogens (tertiary/aromatic N) is 3. The first kappa shape index (κ1) is 9.36. The van der Waals surface area contributed by atoms with Crippen molar-refractivity contribution < 1.29 is 9.90 Å². The second kappa shape index (κ2) is 3.51. The van der Waals surface area contributed by atoms with Gasteiger partial charge in [0, 0.05) is 6.20 Å². The fourth-order valence-corrected chi connectivity index (χ4v) is 1.53. The standard InChI is InChI=1S/C8H8ClN3O2/c9-8-10-2-1-6(11-8)12-4-5(13)3-7(12)14/h1-2,5,13H,3-4H2. The molecule has 1 N–H and O–H groups in total. The van der Waals surface area contributed by atoms with Crippen LogP contribution in [0.3, 0.4) is 0 Å². The summed E-state index contributed by atoms with van der Waals surface area (Å²) in [5.41, 5.74) is 0. The van der Waals surface area contributed by atoms with E-state index in [4.69, 9.17) is 11.6 Å². The minimum atomic E-state index is -0.615. The zero-order valence-corrected chi connectivity index (χ0v) is 7.98. The van der Waals surface area contributed by atoms with Crippen molar-refractivity contribution in [1.29, 1.82) is 0 Å². The molecule has 0 spiro atoms. The molecule has 0 aliphatic carbocycles. The van der Waals surface area contributed by atoms with Gasteiger partial charge in [-0.1, -0.05) is 0 Å². The van der Waals surface area contributed by atoms with E-state index >= 15 is 0 Å². The Morgan fingerprint density at radius 2 is 2.43 bits per heavy atom. The average Bonchev–Trinajstić information content (AvgIpc) is 2.45. The number of anilines is 1. The zero-order valence-electron chi connectivity index (χ0n) is 7.22. The lowest BCUT2D eigenvalue weighted by Crippen LogP contribution is -2.26. The minimum absolute atomic E-state index is 0.0942. The van der Waals surface area contributed by atoms with Crippen LogP contribution in [0.2, 0.25) is 5.28 Å². The molecule has 0 saturated carbocycles. The minimum Gasteiger partial charge on any atom is -0.391 e. The lowest BCUT2D eigenvalue weighted by molar-refractivity contribution is -0.117. The van der Waals surface area contributed by atoms with E-state index in [9.17, 15) is 9.90 Å². The Morgan fingerprint density at radius 3 is 3.00 bits per heavy atom. The molecule has 1 saturated heterocycles. The normalized spacial score (nSPS) is 21.7. The number of aromatic nitrogens is 2. The van der Waals surface area contributed by atoms with Gasteiger partial charge in [0.25, 0.3) is 0 Å². The molecule has 0 radical (unpaired) electrons. The lowest BCUT2D eigenvalue weighted by atomic mass is 10.3. The van der Waals surface area contributed by atoms with Gasteiger partial charge < -0.3 is 5.11 Å². The summed E-state index contributed by atoms with van der Waals surface area (Å²) in [6.07, 6.45) is 1.00. The number of carbonyl (C=O) groups is 1. The van der Waals surface area contributed by atoms with Crippen LogP contribution in [0.1, 0.15) is 6.42 Å². The molecular weight excluding hydrogens is 206 g/mol. The molecule has 1 aliphatic rings. The summed E-state index contributed by atoms with van der Waals surface area (Å²) in [7, 11) is 0. The second-order valence-corrected chi connectivity index (χ2v) is 3.38. The van der Waals surface area contributed by atoms with Crippen molar-refractivity contribution in [3.05, 3.63) is 17.5 Å². The third-order valence-electron chi connectivity index (χ3n) is 1.99. The Balaban J connectivity index is 2.27. The highest BCUT2D eigenvalue weighted by atomic mass is 35.5. The highest BCUT2D eigenvalue weighted by Crippen LogP contribution is 2.19. The van der Waals surface area contributed by atoms with E-state index in [0.29, 0.717) is 5.82 Å². The number of carbonyl (C=O) groups excluding carboxylic acids is 1. The molecule has 1 unspecified atom stereocenters. The molecule has 0 bridgehead atoms. The maximum atomic E-state index is 11.4. The number of rotatable bonds is 1. The van der Waals surface area contributed by atoms with E-state index in [1.807, 2.05) is 0 Å². The summed E-state index contributed by atoms with van der Waals surface area (Å²) in [6, 6.07) is 1.59. The third kappa shape index (κ3) is 1.69. The smallest absolute Gasteiger partial charge is 0.230 e. The molecule has 1 aromatic heterocycles. The molecule has 1 fully saturated rings.